The zero-order valence-electron chi connectivity index (χ0n) is 17.3. The van der Waals surface area contributed by atoms with Gasteiger partial charge in [-0.25, -0.2) is 18.0 Å². The van der Waals surface area contributed by atoms with Crippen LogP contribution in [0.3, 0.4) is 0 Å². The Morgan fingerprint density at radius 3 is 2.44 bits per heavy atom. The SMILES string of the molecule is C=C(Sc1c(C)cccc1F)C(=O)Nc1csc(-c2ccc(C)c(F)c2F)c1C(=O)OC. The standard InChI is InChI=1S/C23H18F3NO3S2/c1-11-8-9-14(19(26)18(11)25)21-17(23(29)30-4)16(10-31-21)27-22(28)13(3)32-20-12(2)6-5-7-15(20)24/h5-10H,3H2,1-2,4H3,(H,27,28). The van der Waals surface area contributed by atoms with Gasteiger partial charge in [0.05, 0.1) is 27.5 Å². The molecule has 0 unspecified atom stereocenters. The van der Waals surface area contributed by atoms with Crippen molar-refractivity contribution < 1.29 is 27.5 Å². The maximum atomic E-state index is 14.6. The Bertz CT molecular complexity index is 1220. The summed E-state index contributed by atoms with van der Waals surface area (Å²) in [5.74, 6) is -4.14. The van der Waals surface area contributed by atoms with Crippen LogP contribution in [0.4, 0.5) is 18.9 Å². The Morgan fingerprint density at radius 1 is 1.06 bits per heavy atom. The van der Waals surface area contributed by atoms with E-state index >= 15 is 0 Å². The van der Waals surface area contributed by atoms with Gasteiger partial charge in [0.2, 0.25) is 0 Å². The Morgan fingerprint density at radius 2 is 1.78 bits per heavy atom. The van der Waals surface area contributed by atoms with Crippen LogP contribution in [0.15, 0.2) is 52.1 Å². The van der Waals surface area contributed by atoms with Crippen LogP contribution in [0, 0.1) is 31.3 Å². The molecular formula is C23H18F3NO3S2. The summed E-state index contributed by atoms with van der Waals surface area (Å²) in [6, 6.07) is 7.28. The van der Waals surface area contributed by atoms with Crippen LogP contribution < -0.4 is 5.32 Å². The molecule has 9 heteroatoms. The predicted molar refractivity (Wildman–Crippen MR) is 121 cm³/mol. The molecule has 0 aliphatic heterocycles. The minimum Gasteiger partial charge on any atom is -0.465 e. The molecule has 0 atom stereocenters. The Kier molecular flexibility index (Phi) is 7.10. The minimum absolute atomic E-state index is 0.0191. The van der Waals surface area contributed by atoms with E-state index in [1.165, 1.54) is 30.5 Å². The van der Waals surface area contributed by atoms with Gasteiger partial charge < -0.3 is 10.1 Å². The Hall–Kier alpha value is -3.04. The van der Waals surface area contributed by atoms with Gasteiger partial charge in [-0.05, 0) is 31.0 Å². The van der Waals surface area contributed by atoms with Crippen LogP contribution in [-0.4, -0.2) is 19.0 Å². The summed E-state index contributed by atoms with van der Waals surface area (Å²) in [6.45, 7) is 6.81. The highest BCUT2D eigenvalue weighted by Gasteiger charge is 2.26. The van der Waals surface area contributed by atoms with Crippen LogP contribution in [-0.2, 0) is 9.53 Å². The van der Waals surface area contributed by atoms with E-state index in [9.17, 15) is 22.8 Å². The molecule has 4 nitrogen and oxygen atoms in total. The molecule has 3 rings (SSSR count). The maximum absolute atomic E-state index is 14.6. The third-order valence-electron chi connectivity index (χ3n) is 4.59. The zero-order valence-corrected chi connectivity index (χ0v) is 19.0. The maximum Gasteiger partial charge on any atom is 0.341 e. The second-order valence-corrected chi connectivity index (χ2v) is 8.75. The van der Waals surface area contributed by atoms with Crippen LogP contribution in [0.2, 0.25) is 0 Å². The number of hydrogen-bond acceptors (Lipinski definition) is 5. The number of anilines is 1. The molecule has 0 aliphatic carbocycles. The fraction of sp³-hybridized carbons (Fsp3) is 0.130. The molecule has 166 valence electrons. The van der Waals surface area contributed by atoms with Crippen LogP contribution in [0.1, 0.15) is 21.5 Å². The average Bonchev–Trinajstić information content (AvgIpc) is 3.17. The molecule has 2 aromatic carbocycles. The lowest BCUT2D eigenvalue weighted by atomic mass is 10.1. The van der Waals surface area contributed by atoms with Crippen molar-refractivity contribution in [2.24, 2.45) is 0 Å². The second kappa shape index (κ2) is 9.62. The predicted octanol–water partition coefficient (Wildman–Crippen LogP) is 6.48. The van der Waals surface area contributed by atoms with Gasteiger partial charge in [0.25, 0.3) is 5.91 Å². The molecule has 1 heterocycles. The fourth-order valence-corrected chi connectivity index (χ4v) is 4.67. The lowest BCUT2D eigenvalue weighted by Crippen LogP contribution is -2.15. The number of aryl methyl sites for hydroxylation is 2. The van der Waals surface area contributed by atoms with Gasteiger partial charge >= 0.3 is 5.97 Å². The number of amides is 1. The first-order valence-corrected chi connectivity index (χ1v) is 10.9. The third kappa shape index (κ3) is 4.58. The molecule has 1 N–H and O–H groups in total. The van der Waals surface area contributed by atoms with Crippen molar-refractivity contribution in [2.75, 3.05) is 12.4 Å². The quantitative estimate of drug-likeness (QED) is 0.251. The number of benzene rings is 2. The highest BCUT2D eigenvalue weighted by molar-refractivity contribution is 8.04. The van der Waals surface area contributed by atoms with E-state index in [2.05, 4.69) is 11.9 Å². The normalized spacial score (nSPS) is 10.7. The molecule has 0 spiro atoms. The summed E-state index contributed by atoms with van der Waals surface area (Å²) >= 11 is 1.80. The van der Waals surface area contributed by atoms with Crippen molar-refractivity contribution in [3.63, 3.8) is 0 Å². The lowest BCUT2D eigenvalue weighted by molar-refractivity contribution is -0.112. The summed E-state index contributed by atoms with van der Waals surface area (Å²) < 4.78 is 47.5. The Balaban J connectivity index is 1.93. The number of hydrogen-bond donors (Lipinski definition) is 1. The number of halogens is 3. The monoisotopic (exact) mass is 477 g/mol. The van der Waals surface area contributed by atoms with Gasteiger partial charge in [-0.1, -0.05) is 42.6 Å². The summed E-state index contributed by atoms with van der Waals surface area (Å²) in [5, 5.41) is 3.95. The molecule has 0 fully saturated rings. The highest BCUT2D eigenvalue weighted by atomic mass is 32.2. The fourth-order valence-electron chi connectivity index (χ4n) is 2.88. The van der Waals surface area contributed by atoms with Gasteiger partial charge in [0.1, 0.15) is 11.4 Å². The van der Waals surface area contributed by atoms with Crippen molar-refractivity contribution in [3.8, 4) is 10.4 Å². The Labute approximate surface area is 191 Å². The molecule has 1 amide bonds. The second-order valence-electron chi connectivity index (χ2n) is 6.77. The van der Waals surface area contributed by atoms with E-state index in [1.54, 1.807) is 19.1 Å². The van der Waals surface area contributed by atoms with E-state index in [4.69, 9.17) is 4.74 Å². The smallest absolute Gasteiger partial charge is 0.341 e. The number of thioether (sulfide) groups is 1. The number of methoxy groups -OCH3 is 1. The number of ether oxygens (including phenoxy) is 1. The molecule has 3 aromatic rings. The average molecular weight is 478 g/mol. The van der Waals surface area contributed by atoms with E-state index in [-0.39, 0.29) is 37.1 Å². The first kappa shape index (κ1) is 23.6. The van der Waals surface area contributed by atoms with Gasteiger partial charge in [-0.2, -0.15) is 0 Å². The van der Waals surface area contributed by atoms with Crippen molar-refractivity contribution in [1.82, 2.24) is 0 Å². The number of esters is 1. The van der Waals surface area contributed by atoms with Crippen LogP contribution in [0.25, 0.3) is 10.4 Å². The summed E-state index contributed by atoms with van der Waals surface area (Å²) in [5.41, 5.74) is 0.554. The molecule has 1 aromatic heterocycles. The van der Waals surface area contributed by atoms with Crippen LogP contribution >= 0.6 is 23.1 Å². The first-order chi connectivity index (χ1) is 15.1. The van der Waals surface area contributed by atoms with E-state index in [0.29, 0.717) is 5.56 Å². The number of carbonyl (C=O) groups excluding carboxylic acids is 2. The summed E-state index contributed by atoms with van der Waals surface area (Å²) in [4.78, 5) is 25.4. The highest BCUT2D eigenvalue weighted by Crippen LogP contribution is 2.39. The lowest BCUT2D eigenvalue weighted by Gasteiger charge is -2.11. The van der Waals surface area contributed by atoms with Gasteiger partial charge in [-0.15, -0.1) is 11.3 Å². The number of rotatable bonds is 6. The number of thiophene rings is 1. The molecule has 0 saturated carbocycles. The van der Waals surface area contributed by atoms with Gasteiger partial charge in [-0.3, -0.25) is 4.79 Å². The van der Waals surface area contributed by atoms with Crippen molar-refractivity contribution in [3.05, 3.63) is 81.3 Å². The number of nitrogens with one attached hydrogen (secondary N) is 1. The van der Waals surface area contributed by atoms with Gasteiger partial charge in [0.15, 0.2) is 11.6 Å². The van der Waals surface area contributed by atoms with E-state index in [1.807, 2.05) is 0 Å². The molecule has 0 bridgehead atoms. The van der Waals surface area contributed by atoms with E-state index in [0.717, 1.165) is 30.2 Å². The van der Waals surface area contributed by atoms with E-state index < -0.39 is 29.3 Å². The van der Waals surface area contributed by atoms with Gasteiger partial charge in [0, 0.05) is 10.9 Å². The first-order valence-electron chi connectivity index (χ1n) is 9.23. The minimum atomic E-state index is -1.11. The van der Waals surface area contributed by atoms with Crippen LogP contribution in [0.5, 0.6) is 0 Å². The summed E-state index contributed by atoms with van der Waals surface area (Å²) in [7, 11) is 1.14. The van der Waals surface area contributed by atoms with Crippen molar-refractivity contribution in [2.45, 2.75) is 18.7 Å². The molecule has 32 heavy (non-hydrogen) atoms. The molecular weight excluding hydrogens is 459 g/mol. The molecule has 0 saturated heterocycles. The topological polar surface area (TPSA) is 55.4 Å². The largest absolute Gasteiger partial charge is 0.465 e. The molecule has 0 aliphatic rings. The zero-order chi connectivity index (χ0) is 23.6. The third-order valence-corrected chi connectivity index (χ3v) is 6.76. The molecule has 0 radical (unpaired) electrons. The summed E-state index contributed by atoms with van der Waals surface area (Å²) in [6.07, 6.45) is 0. The van der Waals surface area contributed by atoms with Crippen molar-refractivity contribution >= 4 is 40.7 Å². The van der Waals surface area contributed by atoms with Crippen molar-refractivity contribution in [1.29, 1.82) is 0 Å². The number of carbonyl (C=O) groups is 2.